The van der Waals surface area contributed by atoms with Crippen LogP contribution in [0.5, 0.6) is 11.5 Å². The van der Waals surface area contributed by atoms with Gasteiger partial charge >= 0.3 is 0 Å². The summed E-state index contributed by atoms with van der Waals surface area (Å²) in [5.74, 6) is 1.22. The Morgan fingerprint density at radius 1 is 1.08 bits per heavy atom. The van der Waals surface area contributed by atoms with E-state index in [1.165, 1.54) is 12.8 Å². The minimum Gasteiger partial charge on any atom is -0.492 e. The van der Waals surface area contributed by atoms with Gasteiger partial charge in [-0.25, -0.2) is 0 Å². The number of fused-ring (bicyclic) bond motifs is 3. The van der Waals surface area contributed by atoms with Gasteiger partial charge in [0, 0.05) is 35.2 Å². The minimum atomic E-state index is -1.40. The fourth-order valence-corrected chi connectivity index (χ4v) is 6.50. The number of hydrogen-bond donors (Lipinski definition) is 3. The lowest BCUT2D eigenvalue weighted by atomic mass is 9.71. The van der Waals surface area contributed by atoms with Crippen LogP contribution in [-0.4, -0.2) is 53.9 Å². The average molecular weight is 537 g/mol. The van der Waals surface area contributed by atoms with E-state index in [0.29, 0.717) is 29.4 Å². The molecule has 0 unspecified atom stereocenters. The number of likely N-dealkylation sites (tertiary alicyclic amines) is 1. The Bertz CT molecular complexity index is 1250. The number of halogens is 1. The Balaban J connectivity index is 0.000000937. The summed E-state index contributed by atoms with van der Waals surface area (Å²) in [7, 11) is 0. The van der Waals surface area contributed by atoms with Crippen LogP contribution in [0.2, 0.25) is 5.02 Å². The van der Waals surface area contributed by atoms with Crippen LogP contribution in [0.1, 0.15) is 41.9 Å². The van der Waals surface area contributed by atoms with Crippen molar-refractivity contribution >= 4 is 18.1 Å². The molecule has 1 saturated heterocycles. The molecule has 38 heavy (non-hydrogen) atoms. The molecular formula is C30H33ClN2O5. The molecule has 0 amide bonds. The molecule has 0 spiro atoms. The molecule has 3 aromatic rings. The van der Waals surface area contributed by atoms with E-state index in [0.717, 1.165) is 36.5 Å². The zero-order chi connectivity index (χ0) is 26.8. The van der Waals surface area contributed by atoms with Gasteiger partial charge < -0.3 is 25.4 Å². The topological polar surface area (TPSA) is 105 Å². The maximum Gasteiger partial charge on any atom is 0.290 e. The Kier molecular flexibility index (Phi) is 7.63. The van der Waals surface area contributed by atoms with Gasteiger partial charge in [0.1, 0.15) is 18.1 Å². The molecule has 4 atom stereocenters. The molecule has 6 rings (SSSR count). The molecule has 2 fully saturated rings. The molecule has 1 saturated carbocycles. The van der Waals surface area contributed by atoms with Gasteiger partial charge in [-0.05, 0) is 67.7 Å². The molecule has 200 valence electrons. The lowest BCUT2D eigenvalue weighted by Crippen LogP contribution is -2.54. The quantitative estimate of drug-likeness (QED) is 0.398. The molecule has 0 bridgehead atoms. The van der Waals surface area contributed by atoms with Crippen molar-refractivity contribution in [3.05, 3.63) is 94.5 Å². The third kappa shape index (κ3) is 4.43. The largest absolute Gasteiger partial charge is 0.492 e. The Morgan fingerprint density at radius 3 is 2.45 bits per heavy atom. The molecule has 2 aliphatic heterocycles. The van der Waals surface area contributed by atoms with E-state index < -0.39 is 17.2 Å². The first-order chi connectivity index (χ1) is 18.4. The van der Waals surface area contributed by atoms with Crippen molar-refractivity contribution in [3.63, 3.8) is 0 Å². The van der Waals surface area contributed by atoms with Crippen molar-refractivity contribution in [1.29, 1.82) is 0 Å². The first-order valence-corrected chi connectivity index (χ1v) is 13.4. The molecule has 3 aliphatic rings. The number of hydrogen-bond acceptors (Lipinski definition) is 6. The lowest BCUT2D eigenvalue weighted by molar-refractivity contribution is -0.122. The molecule has 2 heterocycles. The fourth-order valence-electron chi connectivity index (χ4n) is 6.38. The predicted octanol–water partition coefficient (Wildman–Crippen LogP) is 4.51. The zero-order valence-corrected chi connectivity index (χ0v) is 21.9. The highest BCUT2D eigenvalue weighted by atomic mass is 35.5. The number of aliphatic hydroxyl groups is 1. The number of nitrogens with two attached hydrogens (primary N) is 1. The smallest absolute Gasteiger partial charge is 0.290 e. The van der Waals surface area contributed by atoms with Crippen LogP contribution in [-0.2, 0) is 16.0 Å². The summed E-state index contributed by atoms with van der Waals surface area (Å²) in [5.41, 5.74) is 6.93. The lowest BCUT2D eigenvalue weighted by Gasteiger charge is -2.41. The number of carbonyl (C=O) groups is 1. The van der Waals surface area contributed by atoms with E-state index in [1.807, 2.05) is 60.7 Å². The van der Waals surface area contributed by atoms with Crippen LogP contribution in [0.15, 0.2) is 72.8 Å². The van der Waals surface area contributed by atoms with Crippen LogP contribution in [0.3, 0.4) is 0 Å². The van der Waals surface area contributed by atoms with Gasteiger partial charge in [0.25, 0.3) is 6.47 Å². The number of rotatable bonds is 6. The van der Waals surface area contributed by atoms with E-state index >= 15 is 0 Å². The van der Waals surface area contributed by atoms with E-state index in [9.17, 15) is 5.11 Å². The van der Waals surface area contributed by atoms with Crippen molar-refractivity contribution < 1.29 is 24.5 Å². The van der Waals surface area contributed by atoms with Crippen molar-refractivity contribution in [3.8, 4) is 11.5 Å². The summed E-state index contributed by atoms with van der Waals surface area (Å²) >= 11 is 6.23. The SMILES string of the molecule is N[C@@H]1C[C@@H](c2ccccc2)[C@]2(c3ccc(Cl)cc3)Oc3cc(OCCN4CCCC4)ccc3[C@]12O.O=CO. The van der Waals surface area contributed by atoms with Crippen molar-refractivity contribution in [1.82, 2.24) is 4.90 Å². The van der Waals surface area contributed by atoms with Gasteiger partial charge in [0.15, 0.2) is 11.2 Å². The third-order valence-electron chi connectivity index (χ3n) is 8.07. The normalized spacial score (nSPS) is 27.6. The summed E-state index contributed by atoms with van der Waals surface area (Å²) in [6.07, 6.45) is 3.12. The van der Waals surface area contributed by atoms with Gasteiger partial charge in [-0.15, -0.1) is 0 Å². The highest BCUT2D eigenvalue weighted by molar-refractivity contribution is 6.30. The summed E-state index contributed by atoms with van der Waals surface area (Å²) in [6, 6.07) is 23.0. The summed E-state index contributed by atoms with van der Waals surface area (Å²) in [4.78, 5) is 10.8. The zero-order valence-electron chi connectivity index (χ0n) is 21.1. The second-order valence-corrected chi connectivity index (χ2v) is 10.5. The Labute approximate surface area is 227 Å². The van der Waals surface area contributed by atoms with E-state index in [1.54, 1.807) is 0 Å². The van der Waals surface area contributed by atoms with Crippen LogP contribution >= 0.6 is 11.6 Å². The number of nitrogens with zero attached hydrogens (tertiary/aromatic N) is 1. The summed E-state index contributed by atoms with van der Waals surface area (Å²) in [5, 5.41) is 20.0. The van der Waals surface area contributed by atoms with Gasteiger partial charge in [-0.3, -0.25) is 9.69 Å². The number of ether oxygens (including phenoxy) is 2. The van der Waals surface area contributed by atoms with Crippen molar-refractivity contribution in [2.75, 3.05) is 26.2 Å². The molecule has 0 radical (unpaired) electrons. The maximum atomic E-state index is 12.4. The summed E-state index contributed by atoms with van der Waals surface area (Å²) < 4.78 is 12.9. The molecule has 3 aromatic carbocycles. The van der Waals surface area contributed by atoms with E-state index in [2.05, 4.69) is 17.0 Å². The Morgan fingerprint density at radius 2 is 1.76 bits per heavy atom. The van der Waals surface area contributed by atoms with Gasteiger partial charge in [-0.1, -0.05) is 54.1 Å². The van der Waals surface area contributed by atoms with E-state index in [4.69, 9.17) is 36.7 Å². The number of carboxylic acid groups (broad SMARTS) is 1. The molecule has 4 N–H and O–H groups in total. The fraction of sp³-hybridized carbons (Fsp3) is 0.367. The maximum absolute atomic E-state index is 12.4. The van der Waals surface area contributed by atoms with Crippen molar-refractivity contribution in [2.24, 2.45) is 5.73 Å². The molecule has 7 nitrogen and oxygen atoms in total. The van der Waals surface area contributed by atoms with Crippen LogP contribution in [0.25, 0.3) is 0 Å². The van der Waals surface area contributed by atoms with Crippen LogP contribution in [0, 0.1) is 0 Å². The standard InChI is InChI=1S/C29H31ClN2O3.CH2O2/c30-22-10-8-21(9-11-22)29-25(20-6-2-1-3-7-20)19-27(31)28(29,33)24-13-12-23(18-26(24)35-29)34-17-16-32-14-4-5-15-32;2-1-3/h1-3,6-13,18,25,27,33H,4-5,14-17,19,31H2;1H,(H,2,3)/t25-,27+,28-,29-;/m0./s1. The second kappa shape index (κ2) is 10.9. The second-order valence-electron chi connectivity index (χ2n) is 10.1. The van der Waals surface area contributed by atoms with Gasteiger partial charge in [0.05, 0.1) is 0 Å². The van der Waals surface area contributed by atoms with Crippen LogP contribution < -0.4 is 15.2 Å². The molecular weight excluding hydrogens is 504 g/mol. The first-order valence-electron chi connectivity index (χ1n) is 13.0. The van der Waals surface area contributed by atoms with E-state index in [-0.39, 0.29) is 12.4 Å². The summed E-state index contributed by atoms with van der Waals surface area (Å²) in [6.45, 7) is 3.58. The highest BCUT2D eigenvalue weighted by Crippen LogP contribution is 2.66. The molecule has 1 aliphatic carbocycles. The number of benzene rings is 3. The van der Waals surface area contributed by atoms with Crippen LogP contribution in [0.4, 0.5) is 0 Å². The Hall–Kier alpha value is -3.10. The molecule has 0 aromatic heterocycles. The van der Waals surface area contributed by atoms with Gasteiger partial charge in [-0.2, -0.15) is 0 Å². The molecule has 8 heteroatoms. The minimum absolute atomic E-state index is 0.142. The van der Waals surface area contributed by atoms with Gasteiger partial charge in [0.2, 0.25) is 0 Å². The monoisotopic (exact) mass is 536 g/mol. The predicted molar refractivity (Wildman–Crippen MR) is 146 cm³/mol. The van der Waals surface area contributed by atoms with Crippen molar-refractivity contribution in [2.45, 2.75) is 42.4 Å². The first kappa shape index (κ1) is 26.5. The average Bonchev–Trinajstić information content (AvgIpc) is 3.59. The third-order valence-corrected chi connectivity index (χ3v) is 8.32. The highest BCUT2D eigenvalue weighted by Gasteiger charge is 2.71.